The Bertz CT molecular complexity index is 1890. The number of carboxylic acids is 1. The van der Waals surface area contributed by atoms with Gasteiger partial charge in [-0.1, -0.05) is 60.1 Å². The van der Waals surface area contributed by atoms with Crippen molar-refractivity contribution in [2.45, 2.75) is 211 Å². The van der Waals surface area contributed by atoms with Crippen LogP contribution in [0, 0.1) is 50.2 Å². The highest BCUT2D eigenvalue weighted by Gasteiger charge is 2.70. The Kier molecular flexibility index (Phi) is 14.3. The summed E-state index contributed by atoms with van der Waals surface area (Å²) in [7, 11) is 1.51. The van der Waals surface area contributed by atoms with E-state index in [9.17, 15) is 60.7 Å². The van der Waals surface area contributed by atoms with Crippen LogP contribution >= 0.6 is 0 Å². The molecule has 3 saturated heterocycles. The topological polar surface area (TPSA) is 301 Å². The molecule has 0 unspecified atom stereocenters. The van der Waals surface area contributed by atoms with Gasteiger partial charge in [0.15, 0.2) is 25.0 Å². The Morgan fingerprint density at radius 1 is 0.647 bits per heavy atom. The number of carboxylic acid groups (broad SMARTS) is 1. The number of methoxy groups -OCH3 is 1. The molecule has 0 aromatic rings. The number of hydrogen-bond acceptors (Lipinski definition) is 18. The SMILES string of the molecule is COC(=O)[C@]12CCC(C)(C)C[C@H]1C1=CC[C@@H]3[C@@]4(C)CC[C@H](O[C@@H]5O[C@H](C(=O)O)[C@@H](O[C@@H]6O[C@H](CO)[C@@H](O)[C@H](O)[C@H]6O)[C@H](O)[C@H]5O[C@@H]5O[C@H](CO)[C@@H](O)[C@H](O)[C@H]5O)C(C)(C)[C@@H]4CC[C@@]3(C)[C@]1(C)CC2. The molecular formula is C49H78O19. The Labute approximate surface area is 398 Å². The smallest absolute Gasteiger partial charge is 0.335 e. The van der Waals surface area contributed by atoms with Crippen LogP contribution in [-0.4, -0.2) is 182 Å². The number of aliphatic hydroxyl groups is 9. The molecule has 23 atom stereocenters. The molecule has 0 spiro atoms. The molecule has 68 heavy (non-hydrogen) atoms. The summed E-state index contributed by atoms with van der Waals surface area (Å²) in [5.74, 6) is -1.25. The zero-order valence-corrected chi connectivity index (χ0v) is 40.7. The van der Waals surface area contributed by atoms with Crippen molar-refractivity contribution in [3.63, 3.8) is 0 Å². The highest BCUT2D eigenvalue weighted by molar-refractivity contribution is 5.78. The predicted molar refractivity (Wildman–Crippen MR) is 236 cm³/mol. The first kappa shape index (κ1) is 52.4. The summed E-state index contributed by atoms with van der Waals surface area (Å²) in [6, 6.07) is 0. The minimum Gasteiger partial charge on any atom is -0.479 e. The molecule has 0 aromatic heterocycles. The summed E-state index contributed by atoms with van der Waals surface area (Å²) in [5.41, 5.74) is -0.0488. The van der Waals surface area contributed by atoms with Crippen molar-refractivity contribution in [2.75, 3.05) is 20.3 Å². The summed E-state index contributed by atoms with van der Waals surface area (Å²) >= 11 is 0. The van der Waals surface area contributed by atoms with Gasteiger partial charge in [0, 0.05) is 0 Å². The molecule has 19 nitrogen and oxygen atoms in total. The third-order valence-electron chi connectivity index (χ3n) is 19.5. The minimum atomic E-state index is -2.05. The highest BCUT2D eigenvalue weighted by atomic mass is 16.8. The van der Waals surface area contributed by atoms with Gasteiger partial charge in [-0.3, -0.25) is 4.79 Å². The first-order valence-electron chi connectivity index (χ1n) is 24.7. The van der Waals surface area contributed by atoms with Crippen molar-refractivity contribution in [3.05, 3.63) is 11.6 Å². The zero-order chi connectivity index (χ0) is 49.8. The molecule has 8 rings (SSSR count). The van der Waals surface area contributed by atoms with E-state index >= 15 is 0 Å². The largest absolute Gasteiger partial charge is 0.479 e. The number of ether oxygens (including phenoxy) is 7. The Morgan fingerprint density at radius 2 is 1.22 bits per heavy atom. The Hall–Kier alpha value is -1.92. The van der Waals surface area contributed by atoms with Gasteiger partial charge in [-0.2, -0.15) is 0 Å². The van der Waals surface area contributed by atoms with Crippen LogP contribution in [0.3, 0.4) is 0 Å². The average molecular weight is 971 g/mol. The maximum atomic E-state index is 13.8. The van der Waals surface area contributed by atoms with Gasteiger partial charge in [0.25, 0.3) is 0 Å². The van der Waals surface area contributed by atoms with E-state index in [-0.39, 0.29) is 45.4 Å². The number of rotatable bonds is 10. The molecule has 5 aliphatic carbocycles. The fourth-order valence-corrected chi connectivity index (χ4v) is 15.3. The predicted octanol–water partition coefficient (Wildman–Crippen LogP) is 0.887. The average Bonchev–Trinajstić information content (AvgIpc) is 3.28. The number of carbonyl (C=O) groups excluding carboxylic acids is 1. The van der Waals surface area contributed by atoms with E-state index in [1.54, 1.807) is 0 Å². The van der Waals surface area contributed by atoms with Crippen LogP contribution in [0.4, 0.5) is 0 Å². The number of hydrogen-bond donors (Lipinski definition) is 10. The van der Waals surface area contributed by atoms with Crippen LogP contribution in [0.25, 0.3) is 0 Å². The van der Waals surface area contributed by atoms with Gasteiger partial charge in [0.2, 0.25) is 0 Å². The third kappa shape index (κ3) is 8.13. The van der Waals surface area contributed by atoms with Crippen LogP contribution in [-0.2, 0) is 42.7 Å². The van der Waals surface area contributed by atoms with Crippen molar-refractivity contribution in [2.24, 2.45) is 50.2 Å². The van der Waals surface area contributed by atoms with Crippen molar-refractivity contribution in [3.8, 4) is 0 Å². The van der Waals surface area contributed by atoms with Crippen molar-refractivity contribution >= 4 is 11.9 Å². The molecule has 10 N–H and O–H groups in total. The highest BCUT2D eigenvalue weighted by Crippen LogP contribution is 2.76. The lowest BCUT2D eigenvalue weighted by molar-refractivity contribution is -0.391. The maximum absolute atomic E-state index is 13.8. The van der Waals surface area contributed by atoms with Crippen molar-refractivity contribution in [1.29, 1.82) is 0 Å². The van der Waals surface area contributed by atoms with Gasteiger partial charge in [0.1, 0.15) is 67.1 Å². The van der Waals surface area contributed by atoms with Gasteiger partial charge in [-0.15, -0.1) is 0 Å². The summed E-state index contributed by atoms with van der Waals surface area (Å²) < 4.78 is 41.7. The Morgan fingerprint density at radius 3 is 1.78 bits per heavy atom. The lowest BCUT2D eigenvalue weighted by Gasteiger charge is -2.71. The molecule has 388 valence electrons. The quantitative estimate of drug-likeness (QED) is 0.0826. The van der Waals surface area contributed by atoms with E-state index in [4.69, 9.17) is 33.2 Å². The molecule has 3 aliphatic heterocycles. The monoisotopic (exact) mass is 971 g/mol. The second-order valence-electron chi connectivity index (χ2n) is 23.7. The van der Waals surface area contributed by atoms with E-state index in [1.165, 1.54) is 12.7 Å². The summed E-state index contributed by atoms with van der Waals surface area (Å²) in [5, 5.41) is 106. The van der Waals surface area contributed by atoms with Gasteiger partial charge in [-0.05, 0) is 109 Å². The Balaban J connectivity index is 1.08. The van der Waals surface area contributed by atoms with Crippen molar-refractivity contribution in [1.82, 2.24) is 0 Å². The molecule has 0 aromatic carbocycles. The number of fused-ring (bicyclic) bond motifs is 7. The van der Waals surface area contributed by atoms with Crippen LogP contribution in [0.1, 0.15) is 113 Å². The lowest BCUT2D eigenvalue weighted by Crippen LogP contribution is -2.68. The maximum Gasteiger partial charge on any atom is 0.335 e. The zero-order valence-electron chi connectivity index (χ0n) is 40.7. The van der Waals surface area contributed by atoms with Crippen molar-refractivity contribution < 1.29 is 93.8 Å². The van der Waals surface area contributed by atoms with Gasteiger partial charge in [0.05, 0.1) is 31.8 Å². The van der Waals surface area contributed by atoms with Crippen LogP contribution in [0.2, 0.25) is 0 Å². The first-order valence-corrected chi connectivity index (χ1v) is 24.7. The number of aliphatic carboxylic acids is 1. The van der Waals surface area contributed by atoms with E-state index in [1.807, 2.05) is 0 Å². The molecule has 19 heteroatoms. The first-order chi connectivity index (χ1) is 31.8. The molecule has 8 aliphatic rings. The second kappa shape index (κ2) is 18.5. The molecule has 7 fully saturated rings. The number of carbonyl (C=O) groups is 2. The number of esters is 1. The number of allylic oxidation sites excluding steroid dienone is 2. The summed E-state index contributed by atoms with van der Waals surface area (Å²) in [4.78, 5) is 26.8. The van der Waals surface area contributed by atoms with Gasteiger partial charge in [-0.25, -0.2) is 4.79 Å². The van der Waals surface area contributed by atoms with E-state index < -0.39 is 128 Å². The number of aliphatic hydroxyl groups excluding tert-OH is 9. The van der Waals surface area contributed by atoms with E-state index in [0.717, 1.165) is 57.8 Å². The fourth-order valence-electron chi connectivity index (χ4n) is 15.3. The summed E-state index contributed by atoms with van der Waals surface area (Å²) in [6.07, 6.45) is -17.2. The summed E-state index contributed by atoms with van der Waals surface area (Å²) in [6.45, 7) is 14.5. The normalized spacial score (nSPS) is 52.0. The molecule has 0 bridgehead atoms. The molecule has 0 amide bonds. The molecule has 4 saturated carbocycles. The fraction of sp³-hybridized carbons (Fsp3) is 0.918. The third-order valence-corrected chi connectivity index (χ3v) is 19.5. The standard InChI is InChI=1S/C49H78O19/c1-44(2)15-17-49(43(61)62-8)18-16-47(6)22(23(49)19-44)9-10-27-46(5)13-12-28(45(3,4)26(46)11-14-48(27,47)7)65-42-37(67-41-34(57)32(55)30(53)25(21-51)64-41)35(58)36(38(68-42)39(59)60)66-40-33(56)31(54)29(52)24(20-50)63-40/h9,23-38,40-42,50-58H,10-21H2,1-8H3,(H,59,60)/t23-,24+,25+,26-,27+,28-,29+,30+,31-,32-,33+,34+,35-,36-,37+,38-,40-,41-,42+,46-,47+,48+,49-/m0/s1. The second-order valence-corrected chi connectivity index (χ2v) is 23.7. The molecule has 3 heterocycles. The van der Waals surface area contributed by atoms with Gasteiger partial charge < -0.3 is 84.2 Å². The lowest BCUT2D eigenvalue weighted by atomic mass is 9.33. The van der Waals surface area contributed by atoms with Crippen LogP contribution < -0.4 is 0 Å². The molecule has 0 radical (unpaired) electrons. The van der Waals surface area contributed by atoms with Crippen LogP contribution in [0.15, 0.2) is 11.6 Å². The van der Waals surface area contributed by atoms with E-state index in [2.05, 4.69) is 54.5 Å². The van der Waals surface area contributed by atoms with Crippen LogP contribution in [0.5, 0.6) is 0 Å². The molecular weight excluding hydrogens is 893 g/mol. The van der Waals surface area contributed by atoms with E-state index in [0.29, 0.717) is 6.42 Å². The van der Waals surface area contributed by atoms with Gasteiger partial charge >= 0.3 is 11.9 Å². The minimum absolute atomic E-state index is 0.0881.